The van der Waals surface area contributed by atoms with E-state index in [0.29, 0.717) is 9.81 Å². The molecule has 0 fully saturated rings. The lowest BCUT2D eigenvalue weighted by atomic mass is 10.1. The summed E-state index contributed by atoms with van der Waals surface area (Å²) in [5.41, 5.74) is 0. The van der Waals surface area contributed by atoms with E-state index in [1.54, 1.807) is 0 Å². The molecule has 0 unspecified atom stereocenters. The monoisotopic (exact) mass is 392 g/mol. The van der Waals surface area contributed by atoms with Crippen LogP contribution in [0, 0.1) is 0 Å². The number of halogens is 2. The van der Waals surface area contributed by atoms with Gasteiger partial charge in [0.2, 0.25) is 11.6 Å². The van der Waals surface area contributed by atoms with Crippen LogP contribution in [-0.2, 0) is 9.59 Å². The van der Waals surface area contributed by atoms with Crippen molar-refractivity contribution in [3.05, 3.63) is 80.5 Å². The highest BCUT2D eigenvalue weighted by molar-refractivity contribution is 8.08. The summed E-state index contributed by atoms with van der Waals surface area (Å²) in [5, 5.41) is -0.449. The molecule has 0 saturated heterocycles. The van der Waals surface area contributed by atoms with E-state index in [0.717, 1.165) is 9.79 Å². The highest BCUT2D eigenvalue weighted by atomic mass is 35.5. The van der Waals surface area contributed by atoms with Crippen LogP contribution in [0.2, 0.25) is 0 Å². The molecular formula is C18H10Cl2O2S2. The second-order valence-electron chi connectivity index (χ2n) is 4.77. The third-order valence-corrected chi connectivity index (χ3v) is 6.29. The zero-order valence-electron chi connectivity index (χ0n) is 12.2. The number of ketones is 2. The Hall–Kier alpha value is -1.46. The summed E-state index contributed by atoms with van der Waals surface area (Å²) in [6, 6.07) is 18.7. The molecule has 0 aliphatic heterocycles. The van der Waals surface area contributed by atoms with Crippen LogP contribution >= 0.6 is 46.7 Å². The van der Waals surface area contributed by atoms with Crippen LogP contribution in [0.5, 0.6) is 0 Å². The highest BCUT2D eigenvalue weighted by Crippen LogP contribution is 2.44. The zero-order chi connectivity index (χ0) is 17.1. The summed E-state index contributed by atoms with van der Waals surface area (Å²) in [6.45, 7) is 0. The first-order chi connectivity index (χ1) is 11.6. The van der Waals surface area contributed by atoms with E-state index in [1.165, 1.54) is 23.5 Å². The van der Waals surface area contributed by atoms with Crippen LogP contribution in [0.4, 0.5) is 0 Å². The van der Waals surface area contributed by atoms with Crippen molar-refractivity contribution in [2.24, 2.45) is 0 Å². The highest BCUT2D eigenvalue weighted by Gasteiger charge is 2.34. The second kappa shape index (κ2) is 7.62. The standard InChI is InChI=1S/C18H10Cl2O2S2/c19-13-14(20)16(22)18(24-12-9-5-2-6-10-12)17(15(13)21)23-11-7-3-1-4-8-11/h1-10H. The lowest BCUT2D eigenvalue weighted by Crippen LogP contribution is -2.17. The molecule has 0 radical (unpaired) electrons. The number of allylic oxidation sites excluding steroid dienone is 4. The number of Topliss-reactive ketones (excluding diaryl/α,β-unsaturated/α-hetero) is 2. The van der Waals surface area contributed by atoms with Crippen molar-refractivity contribution in [3.63, 3.8) is 0 Å². The summed E-state index contributed by atoms with van der Waals surface area (Å²) >= 11 is 14.4. The molecule has 6 heteroatoms. The second-order valence-corrected chi connectivity index (χ2v) is 7.70. The smallest absolute Gasteiger partial charge is 0.213 e. The maximum absolute atomic E-state index is 12.6. The molecule has 24 heavy (non-hydrogen) atoms. The minimum Gasteiger partial charge on any atom is -0.287 e. The third kappa shape index (κ3) is 3.62. The molecule has 1 aliphatic rings. The van der Waals surface area contributed by atoms with Gasteiger partial charge >= 0.3 is 0 Å². The molecule has 0 N–H and O–H groups in total. The van der Waals surface area contributed by atoms with Crippen molar-refractivity contribution in [1.29, 1.82) is 0 Å². The molecule has 120 valence electrons. The Morgan fingerprint density at radius 2 is 0.917 bits per heavy atom. The van der Waals surface area contributed by atoms with Crippen LogP contribution in [-0.4, -0.2) is 11.6 Å². The molecule has 0 aromatic heterocycles. The van der Waals surface area contributed by atoms with Gasteiger partial charge in [0, 0.05) is 9.79 Å². The maximum Gasteiger partial charge on any atom is 0.213 e. The first kappa shape index (κ1) is 17.4. The first-order valence-electron chi connectivity index (χ1n) is 6.92. The van der Waals surface area contributed by atoms with Crippen molar-refractivity contribution >= 4 is 58.3 Å². The minimum absolute atomic E-state index is 0.225. The van der Waals surface area contributed by atoms with Crippen molar-refractivity contribution in [3.8, 4) is 0 Å². The molecule has 0 saturated carbocycles. The first-order valence-corrected chi connectivity index (χ1v) is 9.31. The molecule has 1 aliphatic carbocycles. The van der Waals surface area contributed by atoms with E-state index in [4.69, 9.17) is 23.2 Å². The maximum atomic E-state index is 12.6. The van der Waals surface area contributed by atoms with Gasteiger partial charge in [-0.2, -0.15) is 0 Å². The quantitative estimate of drug-likeness (QED) is 0.631. The summed E-state index contributed by atoms with van der Waals surface area (Å²) in [5.74, 6) is -0.845. The summed E-state index contributed by atoms with van der Waals surface area (Å²) in [7, 11) is 0. The average Bonchev–Trinajstić information content (AvgIpc) is 2.63. The summed E-state index contributed by atoms with van der Waals surface area (Å²) < 4.78 is 0. The van der Waals surface area contributed by atoms with Crippen molar-refractivity contribution < 1.29 is 9.59 Å². The van der Waals surface area contributed by atoms with Gasteiger partial charge in [0.05, 0.1) is 9.81 Å². The van der Waals surface area contributed by atoms with Crippen LogP contribution in [0.15, 0.2) is 90.3 Å². The van der Waals surface area contributed by atoms with Gasteiger partial charge in [0.1, 0.15) is 10.1 Å². The predicted octanol–water partition coefficient (Wildman–Crippen LogP) is 5.62. The molecular weight excluding hydrogens is 383 g/mol. The fourth-order valence-corrected chi connectivity index (χ4v) is 4.54. The van der Waals surface area contributed by atoms with Crippen molar-refractivity contribution in [1.82, 2.24) is 0 Å². The third-order valence-electron chi connectivity index (χ3n) is 3.14. The summed E-state index contributed by atoms with van der Waals surface area (Å²) in [4.78, 5) is 27.4. The van der Waals surface area contributed by atoms with Gasteiger partial charge in [-0.15, -0.1) is 0 Å². The van der Waals surface area contributed by atoms with Crippen molar-refractivity contribution in [2.45, 2.75) is 9.79 Å². The molecule has 2 aromatic rings. The lowest BCUT2D eigenvalue weighted by Gasteiger charge is -2.17. The van der Waals surface area contributed by atoms with Crippen LogP contribution in [0.1, 0.15) is 0 Å². The lowest BCUT2D eigenvalue weighted by molar-refractivity contribution is -0.114. The van der Waals surface area contributed by atoms with Gasteiger partial charge in [-0.25, -0.2) is 0 Å². The Morgan fingerprint density at radius 1 is 0.583 bits per heavy atom. The van der Waals surface area contributed by atoms with Gasteiger partial charge in [-0.3, -0.25) is 9.59 Å². The molecule has 0 amide bonds. The van der Waals surface area contributed by atoms with Crippen LogP contribution in [0.25, 0.3) is 0 Å². The number of hydrogen-bond donors (Lipinski definition) is 0. The summed E-state index contributed by atoms with van der Waals surface area (Å²) in [6.07, 6.45) is 0. The van der Waals surface area contributed by atoms with Gasteiger partial charge in [-0.1, -0.05) is 83.1 Å². The average molecular weight is 393 g/mol. The van der Waals surface area contributed by atoms with Crippen molar-refractivity contribution in [2.75, 3.05) is 0 Å². The Labute approximate surface area is 157 Å². The number of carbonyl (C=O) groups is 2. The van der Waals surface area contributed by atoms with E-state index in [1.807, 2.05) is 60.7 Å². The van der Waals surface area contributed by atoms with E-state index in [9.17, 15) is 9.59 Å². The fraction of sp³-hybridized carbons (Fsp3) is 0. The van der Waals surface area contributed by atoms with Gasteiger partial charge in [0.15, 0.2) is 0 Å². The van der Waals surface area contributed by atoms with E-state index >= 15 is 0 Å². The molecule has 0 spiro atoms. The van der Waals surface area contributed by atoms with Gasteiger partial charge in [0.25, 0.3) is 0 Å². The number of carbonyl (C=O) groups excluding carboxylic acids is 2. The minimum atomic E-state index is -0.423. The van der Waals surface area contributed by atoms with E-state index < -0.39 is 11.6 Å². The Morgan fingerprint density at radius 3 is 1.25 bits per heavy atom. The van der Waals surface area contributed by atoms with Crippen LogP contribution in [0.3, 0.4) is 0 Å². The normalized spacial score (nSPS) is 15.2. The van der Waals surface area contributed by atoms with Gasteiger partial charge < -0.3 is 0 Å². The molecule has 0 bridgehead atoms. The molecule has 0 atom stereocenters. The molecule has 3 rings (SSSR count). The molecule has 2 aromatic carbocycles. The van der Waals surface area contributed by atoms with E-state index in [2.05, 4.69) is 0 Å². The number of rotatable bonds is 4. The number of thioether (sulfide) groups is 2. The molecule has 0 heterocycles. The largest absolute Gasteiger partial charge is 0.287 e. The Balaban J connectivity index is 2.04. The number of benzene rings is 2. The number of hydrogen-bond acceptors (Lipinski definition) is 4. The molecule has 2 nitrogen and oxygen atoms in total. The SMILES string of the molecule is O=C1C(Cl)=C(Cl)C(=O)C(Sc2ccccc2)=C1Sc1ccccc1. The Bertz CT molecular complexity index is 788. The van der Waals surface area contributed by atoms with E-state index in [-0.39, 0.29) is 10.1 Å². The van der Waals surface area contributed by atoms with Crippen LogP contribution < -0.4 is 0 Å². The topological polar surface area (TPSA) is 34.1 Å². The Kier molecular flexibility index (Phi) is 5.51. The zero-order valence-corrected chi connectivity index (χ0v) is 15.3. The fourth-order valence-electron chi connectivity index (χ4n) is 2.00. The van der Waals surface area contributed by atoms with Gasteiger partial charge in [-0.05, 0) is 24.3 Å². The predicted molar refractivity (Wildman–Crippen MR) is 100 cm³/mol.